The molecule has 4 rings (SSSR count). The van der Waals surface area contributed by atoms with E-state index < -0.39 is 0 Å². The van der Waals surface area contributed by atoms with Crippen molar-refractivity contribution in [2.24, 2.45) is 0 Å². The highest BCUT2D eigenvalue weighted by molar-refractivity contribution is 5.94. The van der Waals surface area contributed by atoms with E-state index in [1.165, 1.54) is 6.07 Å². The molecule has 1 amide bonds. The summed E-state index contributed by atoms with van der Waals surface area (Å²) >= 11 is 0. The van der Waals surface area contributed by atoms with Gasteiger partial charge in [0, 0.05) is 50.6 Å². The first-order chi connectivity index (χ1) is 15.0. The van der Waals surface area contributed by atoms with Gasteiger partial charge in [0.25, 0.3) is 5.91 Å². The summed E-state index contributed by atoms with van der Waals surface area (Å²) in [6.07, 6.45) is 3.53. The minimum absolute atomic E-state index is 0.0359. The second-order valence-corrected chi connectivity index (χ2v) is 7.94. The van der Waals surface area contributed by atoms with Gasteiger partial charge >= 0.3 is 0 Å². The van der Waals surface area contributed by atoms with Crippen LogP contribution in [-0.4, -0.2) is 48.0 Å². The molecule has 0 spiro atoms. The van der Waals surface area contributed by atoms with Crippen molar-refractivity contribution in [3.8, 4) is 0 Å². The van der Waals surface area contributed by atoms with Crippen LogP contribution >= 0.6 is 0 Å². The van der Waals surface area contributed by atoms with Gasteiger partial charge < -0.3 is 15.1 Å². The molecule has 1 unspecified atom stereocenters. The van der Waals surface area contributed by atoms with Crippen molar-refractivity contribution in [1.82, 2.24) is 14.9 Å². The molecule has 1 saturated heterocycles. The quantitative estimate of drug-likeness (QED) is 0.662. The van der Waals surface area contributed by atoms with Crippen LogP contribution in [0.15, 0.2) is 60.8 Å². The highest BCUT2D eigenvalue weighted by Crippen LogP contribution is 2.28. The number of rotatable bonds is 5. The minimum atomic E-state index is -0.355. The lowest BCUT2D eigenvalue weighted by atomic mass is 9.94. The maximum atomic E-state index is 13.9. The average molecular weight is 420 g/mol. The van der Waals surface area contributed by atoms with E-state index in [9.17, 15) is 9.18 Å². The van der Waals surface area contributed by atoms with E-state index in [4.69, 9.17) is 0 Å². The number of carbonyl (C=O) groups is 1. The van der Waals surface area contributed by atoms with Crippen LogP contribution in [0.3, 0.4) is 0 Å². The van der Waals surface area contributed by atoms with E-state index in [0.717, 1.165) is 30.8 Å². The van der Waals surface area contributed by atoms with Crippen LogP contribution in [0.5, 0.6) is 0 Å². The van der Waals surface area contributed by atoms with Crippen molar-refractivity contribution in [3.63, 3.8) is 0 Å². The maximum Gasteiger partial charge on any atom is 0.253 e. The van der Waals surface area contributed by atoms with Gasteiger partial charge in [0.05, 0.1) is 11.4 Å². The number of halogens is 1. The van der Waals surface area contributed by atoms with E-state index in [1.807, 2.05) is 54.2 Å². The topological polar surface area (TPSA) is 61.4 Å². The van der Waals surface area contributed by atoms with Crippen LogP contribution in [0.4, 0.5) is 21.7 Å². The van der Waals surface area contributed by atoms with Crippen molar-refractivity contribution in [2.75, 3.05) is 37.4 Å². The van der Waals surface area contributed by atoms with E-state index in [2.05, 4.69) is 15.3 Å². The van der Waals surface area contributed by atoms with Gasteiger partial charge in [-0.15, -0.1) is 0 Å². The predicted molar refractivity (Wildman–Crippen MR) is 120 cm³/mol. The zero-order valence-corrected chi connectivity index (χ0v) is 17.8. The van der Waals surface area contributed by atoms with Crippen molar-refractivity contribution in [1.29, 1.82) is 0 Å². The molecule has 1 N–H and O–H groups in total. The van der Waals surface area contributed by atoms with Crippen LogP contribution < -0.4 is 10.2 Å². The molecule has 3 aromatic rings. The van der Waals surface area contributed by atoms with Gasteiger partial charge in [-0.1, -0.05) is 12.1 Å². The number of aromatic nitrogens is 2. The van der Waals surface area contributed by atoms with E-state index in [-0.39, 0.29) is 17.6 Å². The number of hydrogen-bond donors (Lipinski definition) is 1. The zero-order valence-electron chi connectivity index (χ0n) is 17.8. The molecule has 1 aromatic heterocycles. The molecule has 1 aliphatic rings. The summed E-state index contributed by atoms with van der Waals surface area (Å²) in [5.74, 6) is 0.147. The summed E-state index contributed by atoms with van der Waals surface area (Å²) in [6, 6.07) is 16.0. The second-order valence-electron chi connectivity index (χ2n) is 7.94. The molecule has 160 valence electrons. The Morgan fingerprint density at radius 3 is 2.65 bits per heavy atom. The first-order valence-electron chi connectivity index (χ1n) is 10.4. The highest BCUT2D eigenvalue weighted by Gasteiger charge is 2.26. The maximum absolute atomic E-state index is 13.9. The molecule has 1 aliphatic heterocycles. The molecule has 7 heteroatoms. The molecule has 0 aliphatic carbocycles. The molecular formula is C24H26FN5O. The van der Waals surface area contributed by atoms with Gasteiger partial charge in [-0.25, -0.2) is 14.4 Å². The monoisotopic (exact) mass is 419 g/mol. The van der Waals surface area contributed by atoms with Gasteiger partial charge in [0.1, 0.15) is 5.82 Å². The molecule has 2 heterocycles. The Morgan fingerprint density at radius 2 is 1.90 bits per heavy atom. The standard InChI is InChI=1S/C24H26FN5O/c1-29(2)19-11-9-17(10-12-19)23(31)30-15-5-6-18(16-30)21-13-14-26-24(27-21)28-22-8-4-3-7-20(22)25/h3-4,7-14,18H,5-6,15-16H2,1-2H3,(H,26,27,28). The molecule has 1 atom stereocenters. The summed E-state index contributed by atoms with van der Waals surface area (Å²) < 4.78 is 13.9. The highest BCUT2D eigenvalue weighted by atomic mass is 19.1. The molecular weight excluding hydrogens is 393 g/mol. The number of amides is 1. The van der Waals surface area contributed by atoms with E-state index in [0.29, 0.717) is 23.7 Å². The van der Waals surface area contributed by atoms with Crippen LogP contribution in [0.25, 0.3) is 0 Å². The Morgan fingerprint density at radius 1 is 1.13 bits per heavy atom. The molecule has 2 aromatic carbocycles. The fourth-order valence-corrected chi connectivity index (χ4v) is 3.83. The van der Waals surface area contributed by atoms with Crippen LogP contribution in [0, 0.1) is 5.82 Å². The van der Waals surface area contributed by atoms with Crippen molar-refractivity contribution < 1.29 is 9.18 Å². The smallest absolute Gasteiger partial charge is 0.253 e. The second kappa shape index (κ2) is 9.12. The first-order valence-corrected chi connectivity index (χ1v) is 10.4. The molecule has 31 heavy (non-hydrogen) atoms. The number of anilines is 3. The van der Waals surface area contributed by atoms with E-state index >= 15 is 0 Å². The largest absolute Gasteiger partial charge is 0.378 e. The van der Waals surface area contributed by atoms with Crippen LogP contribution in [-0.2, 0) is 0 Å². The number of nitrogens with one attached hydrogen (secondary N) is 1. The number of benzene rings is 2. The number of hydrogen-bond acceptors (Lipinski definition) is 5. The van der Waals surface area contributed by atoms with Gasteiger partial charge in [-0.05, 0) is 55.3 Å². The van der Waals surface area contributed by atoms with Crippen molar-refractivity contribution >= 4 is 23.2 Å². The number of carbonyl (C=O) groups excluding carboxylic acids is 1. The van der Waals surface area contributed by atoms with Crippen molar-refractivity contribution in [3.05, 3.63) is 77.9 Å². The summed E-state index contributed by atoms with van der Waals surface area (Å²) in [5, 5.41) is 2.94. The molecule has 0 saturated carbocycles. The van der Waals surface area contributed by atoms with Crippen molar-refractivity contribution in [2.45, 2.75) is 18.8 Å². The van der Waals surface area contributed by atoms with Crippen LogP contribution in [0.1, 0.15) is 34.8 Å². The number of nitrogens with zero attached hydrogens (tertiary/aromatic N) is 4. The van der Waals surface area contributed by atoms with Gasteiger partial charge in [-0.2, -0.15) is 0 Å². The zero-order chi connectivity index (χ0) is 21.8. The minimum Gasteiger partial charge on any atom is -0.378 e. The molecule has 6 nitrogen and oxygen atoms in total. The Hall–Kier alpha value is -3.48. The van der Waals surface area contributed by atoms with Gasteiger partial charge in [0.15, 0.2) is 0 Å². The lowest BCUT2D eigenvalue weighted by Gasteiger charge is -2.32. The molecule has 1 fully saturated rings. The summed E-state index contributed by atoms with van der Waals surface area (Å²) in [6.45, 7) is 1.33. The normalized spacial score (nSPS) is 16.1. The fourth-order valence-electron chi connectivity index (χ4n) is 3.83. The lowest BCUT2D eigenvalue weighted by Crippen LogP contribution is -2.39. The van der Waals surface area contributed by atoms with E-state index in [1.54, 1.807) is 24.4 Å². The first kappa shape index (κ1) is 20.8. The lowest BCUT2D eigenvalue weighted by molar-refractivity contribution is 0.0706. The molecule has 0 bridgehead atoms. The summed E-state index contributed by atoms with van der Waals surface area (Å²) in [7, 11) is 3.95. The molecule has 0 radical (unpaired) electrons. The Bertz CT molecular complexity index is 1050. The summed E-state index contributed by atoms with van der Waals surface area (Å²) in [5.41, 5.74) is 2.94. The third kappa shape index (κ3) is 4.82. The Balaban J connectivity index is 1.47. The number of piperidine rings is 1. The Kier molecular flexibility index (Phi) is 6.11. The average Bonchev–Trinajstić information content (AvgIpc) is 2.80. The van der Waals surface area contributed by atoms with Gasteiger partial charge in [0.2, 0.25) is 5.95 Å². The Labute approximate surface area is 181 Å². The fraction of sp³-hybridized carbons (Fsp3) is 0.292. The van der Waals surface area contributed by atoms with Gasteiger partial charge in [-0.3, -0.25) is 4.79 Å². The third-order valence-electron chi connectivity index (χ3n) is 5.55. The number of para-hydroxylation sites is 1. The third-order valence-corrected chi connectivity index (χ3v) is 5.55. The predicted octanol–water partition coefficient (Wildman–Crippen LogP) is 4.45. The van der Waals surface area contributed by atoms with Crippen LogP contribution in [0.2, 0.25) is 0 Å². The number of likely N-dealkylation sites (tertiary alicyclic amines) is 1. The summed E-state index contributed by atoms with van der Waals surface area (Å²) in [4.78, 5) is 25.7. The SMILES string of the molecule is CN(C)c1ccc(C(=O)N2CCCC(c3ccnc(Nc4ccccc4F)n3)C2)cc1.